The highest BCUT2D eigenvalue weighted by Gasteiger charge is 2.33. The van der Waals surface area contributed by atoms with E-state index in [0.29, 0.717) is 17.6 Å². The summed E-state index contributed by atoms with van der Waals surface area (Å²) in [6.07, 6.45) is 10.0. The molecule has 2 aliphatic carbocycles. The fourth-order valence-corrected chi connectivity index (χ4v) is 4.70. The number of hydrogen-bond donors (Lipinski definition) is 0. The summed E-state index contributed by atoms with van der Waals surface area (Å²) in [6.45, 7) is 2.21. The number of Topliss-reactive ketones (excluding diaryl/α,β-unsaturated/α-hetero) is 1. The van der Waals surface area contributed by atoms with Gasteiger partial charge in [-0.05, 0) is 55.2 Å². The topological polar surface area (TPSA) is 17.1 Å². The van der Waals surface area contributed by atoms with Crippen molar-refractivity contribution in [2.45, 2.75) is 69.0 Å². The average Bonchev–Trinajstić information content (AvgIpc) is 2.45. The first kappa shape index (κ1) is 15.3. The van der Waals surface area contributed by atoms with Gasteiger partial charge in [-0.15, -0.1) is 0 Å². The van der Waals surface area contributed by atoms with Crippen LogP contribution in [0, 0.1) is 12.8 Å². The molecule has 2 saturated carbocycles. The Bertz CT molecular complexity index is 512. The van der Waals surface area contributed by atoms with Gasteiger partial charge in [0, 0.05) is 5.92 Å². The molecule has 0 bridgehead atoms. The van der Waals surface area contributed by atoms with Crippen molar-refractivity contribution in [1.29, 1.82) is 0 Å². The number of rotatable bonds is 4. The van der Waals surface area contributed by atoms with Gasteiger partial charge in [0.1, 0.15) is 0 Å². The first-order valence-electron chi connectivity index (χ1n) is 8.45. The molecule has 0 saturated heterocycles. The molecule has 0 aliphatic heterocycles. The van der Waals surface area contributed by atoms with Crippen LogP contribution in [0.2, 0.25) is 0 Å². The zero-order valence-electron chi connectivity index (χ0n) is 12.9. The minimum Gasteiger partial charge on any atom is -0.298 e. The molecule has 1 atom stereocenters. The third-order valence-electron chi connectivity index (χ3n) is 5.40. The van der Waals surface area contributed by atoms with Crippen LogP contribution in [0.1, 0.15) is 78.8 Å². The molecular formula is C19H25BrO. The monoisotopic (exact) mass is 348 g/mol. The molecule has 1 nitrogen and oxygen atoms in total. The van der Waals surface area contributed by atoms with E-state index in [2.05, 4.69) is 41.1 Å². The van der Waals surface area contributed by atoms with E-state index in [-0.39, 0.29) is 4.83 Å². The Morgan fingerprint density at radius 2 is 1.81 bits per heavy atom. The van der Waals surface area contributed by atoms with E-state index in [4.69, 9.17) is 0 Å². The Balaban J connectivity index is 1.89. The molecule has 0 spiro atoms. The van der Waals surface area contributed by atoms with E-state index in [0.717, 1.165) is 12.8 Å². The van der Waals surface area contributed by atoms with Crippen molar-refractivity contribution < 1.29 is 4.79 Å². The Labute approximate surface area is 136 Å². The second kappa shape index (κ2) is 6.64. The molecule has 1 aromatic carbocycles. The molecule has 0 N–H and O–H groups in total. The number of aryl methyl sites for hydroxylation is 1. The van der Waals surface area contributed by atoms with Crippen LogP contribution in [-0.4, -0.2) is 5.78 Å². The van der Waals surface area contributed by atoms with E-state index in [1.165, 1.54) is 55.2 Å². The Hall–Kier alpha value is -0.630. The zero-order valence-corrected chi connectivity index (χ0v) is 14.5. The van der Waals surface area contributed by atoms with Crippen LogP contribution in [0.15, 0.2) is 18.2 Å². The van der Waals surface area contributed by atoms with Gasteiger partial charge in [0.05, 0.1) is 4.83 Å². The summed E-state index contributed by atoms with van der Waals surface area (Å²) in [5, 5.41) is 0. The fraction of sp³-hybridized carbons (Fsp3) is 0.632. The maximum atomic E-state index is 12.6. The summed E-state index contributed by atoms with van der Waals surface area (Å²) in [5.74, 6) is 1.36. The first-order chi connectivity index (χ1) is 10.2. The summed E-state index contributed by atoms with van der Waals surface area (Å²) < 4.78 is 0. The molecule has 2 heteroatoms. The smallest absolute Gasteiger partial charge is 0.153 e. The van der Waals surface area contributed by atoms with Crippen LogP contribution in [-0.2, 0) is 4.79 Å². The molecule has 114 valence electrons. The minimum absolute atomic E-state index is 0.0976. The highest BCUT2D eigenvalue weighted by atomic mass is 79.9. The van der Waals surface area contributed by atoms with Crippen molar-refractivity contribution in [3.8, 4) is 0 Å². The van der Waals surface area contributed by atoms with Crippen molar-refractivity contribution in [3.63, 3.8) is 0 Å². The van der Waals surface area contributed by atoms with Gasteiger partial charge in [0.25, 0.3) is 0 Å². The fourth-order valence-electron chi connectivity index (χ4n) is 3.93. The zero-order chi connectivity index (χ0) is 14.8. The second-order valence-corrected chi connectivity index (χ2v) is 7.72. The molecule has 2 aliphatic rings. The quantitative estimate of drug-likeness (QED) is 0.623. The lowest BCUT2D eigenvalue weighted by molar-refractivity contribution is -0.124. The molecule has 1 unspecified atom stereocenters. The van der Waals surface area contributed by atoms with Crippen molar-refractivity contribution in [2.24, 2.45) is 5.92 Å². The number of carbonyl (C=O) groups is 1. The predicted octanol–water partition coefficient (Wildman–Crippen LogP) is 5.85. The number of ketones is 1. The minimum atomic E-state index is -0.0976. The number of halogens is 1. The molecule has 3 rings (SSSR count). The summed E-state index contributed by atoms with van der Waals surface area (Å²) in [6, 6.07) is 6.49. The lowest BCUT2D eigenvalue weighted by atomic mass is 9.76. The van der Waals surface area contributed by atoms with Gasteiger partial charge in [-0.3, -0.25) is 4.79 Å². The van der Waals surface area contributed by atoms with Gasteiger partial charge in [-0.25, -0.2) is 0 Å². The third-order valence-corrected chi connectivity index (χ3v) is 6.35. The maximum absolute atomic E-state index is 12.6. The standard InChI is InChI=1S/C19H25BrO/c1-13-7-5-12-16(17(13)14-8-3-2-4-9-14)18(20)19(21)15-10-6-11-15/h5,7,12,14-15,18H,2-4,6,8-11H2,1H3. The predicted molar refractivity (Wildman–Crippen MR) is 91.0 cm³/mol. The second-order valence-electron chi connectivity index (χ2n) is 6.81. The van der Waals surface area contributed by atoms with Gasteiger partial charge in [0.2, 0.25) is 0 Å². The number of carbonyl (C=O) groups excluding carboxylic acids is 1. The van der Waals surface area contributed by atoms with E-state index in [1.54, 1.807) is 0 Å². The Morgan fingerprint density at radius 1 is 1.10 bits per heavy atom. The lowest BCUT2D eigenvalue weighted by Crippen LogP contribution is -2.26. The van der Waals surface area contributed by atoms with Crippen LogP contribution in [0.4, 0.5) is 0 Å². The Morgan fingerprint density at radius 3 is 2.43 bits per heavy atom. The summed E-state index contributed by atoms with van der Waals surface area (Å²) in [7, 11) is 0. The normalized spacial score (nSPS) is 21.8. The maximum Gasteiger partial charge on any atom is 0.153 e. The molecule has 0 amide bonds. The largest absolute Gasteiger partial charge is 0.298 e. The number of alkyl halides is 1. The first-order valence-corrected chi connectivity index (χ1v) is 9.37. The molecule has 0 aromatic heterocycles. The third kappa shape index (κ3) is 3.11. The Kier molecular flexibility index (Phi) is 4.83. The highest BCUT2D eigenvalue weighted by Crippen LogP contribution is 2.42. The van der Waals surface area contributed by atoms with E-state index < -0.39 is 0 Å². The lowest BCUT2D eigenvalue weighted by Gasteiger charge is -2.30. The highest BCUT2D eigenvalue weighted by molar-refractivity contribution is 9.09. The number of benzene rings is 1. The van der Waals surface area contributed by atoms with Crippen LogP contribution < -0.4 is 0 Å². The molecule has 2 fully saturated rings. The van der Waals surface area contributed by atoms with Crippen molar-refractivity contribution in [3.05, 3.63) is 34.9 Å². The summed E-state index contributed by atoms with van der Waals surface area (Å²) in [5.41, 5.74) is 4.08. The van der Waals surface area contributed by atoms with E-state index in [9.17, 15) is 4.79 Å². The molecule has 0 heterocycles. The van der Waals surface area contributed by atoms with Crippen molar-refractivity contribution in [1.82, 2.24) is 0 Å². The van der Waals surface area contributed by atoms with Crippen molar-refractivity contribution >= 4 is 21.7 Å². The molecule has 1 aromatic rings. The van der Waals surface area contributed by atoms with Gasteiger partial charge in [0.15, 0.2) is 5.78 Å². The van der Waals surface area contributed by atoms with Crippen molar-refractivity contribution in [2.75, 3.05) is 0 Å². The van der Waals surface area contributed by atoms with E-state index >= 15 is 0 Å². The van der Waals surface area contributed by atoms with Gasteiger partial charge in [-0.1, -0.05) is 59.8 Å². The summed E-state index contributed by atoms with van der Waals surface area (Å²) in [4.78, 5) is 12.5. The van der Waals surface area contributed by atoms with Crippen LogP contribution in [0.5, 0.6) is 0 Å². The SMILES string of the molecule is Cc1cccc(C(Br)C(=O)C2CCC2)c1C1CCCCC1. The van der Waals surface area contributed by atoms with E-state index in [1.807, 2.05) is 0 Å². The number of hydrogen-bond acceptors (Lipinski definition) is 1. The van der Waals surface area contributed by atoms with Crippen LogP contribution in [0.3, 0.4) is 0 Å². The van der Waals surface area contributed by atoms with Gasteiger partial charge < -0.3 is 0 Å². The molecule has 21 heavy (non-hydrogen) atoms. The average molecular weight is 349 g/mol. The van der Waals surface area contributed by atoms with Gasteiger partial charge in [-0.2, -0.15) is 0 Å². The van der Waals surface area contributed by atoms with Crippen LogP contribution in [0.25, 0.3) is 0 Å². The van der Waals surface area contributed by atoms with Crippen LogP contribution >= 0.6 is 15.9 Å². The van der Waals surface area contributed by atoms with Gasteiger partial charge >= 0.3 is 0 Å². The summed E-state index contributed by atoms with van der Waals surface area (Å²) >= 11 is 3.73. The molecule has 0 radical (unpaired) electrons. The molecular weight excluding hydrogens is 324 g/mol.